The Labute approximate surface area is 123 Å². The molecule has 4 nitrogen and oxygen atoms in total. The van der Waals surface area contributed by atoms with Crippen molar-refractivity contribution in [1.82, 2.24) is 0 Å². The highest BCUT2D eigenvalue weighted by Gasteiger charge is 2.12. The highest BCUT2D eigenvalue weighted by molar-refractivity contribution is 9.10. The van der Waals surface area contributed by atoms with Crippen molar-refractivity contribution < 1.29 is 4.92 Å². The number of halogens is 2. The van der Waals surface area contributed by atoms with Gasteiger partial charge in [0.2, 0.25) is 0 Å². The summed E-state index contributed by atoms with van der Waals surface area (Å²) in [4.78, 5) is 10.3. The lowest BCUT2D eigenvalue weighted by Crippen LogP contribution is -2.01. The van der Waals surface area contributed by atoms with Gasteiger partial charge in [-0.3, -0.25) is 10.1 Å². The second-order valence-electron chi connectivity index (χ2n) is 3.88. The number of rotatable bonds is 4. The van der Waals surface area contributed by atoms with Crippen molar-refractivity contribution in [1.29, 1.82) is 0 Å². The third-order valence-corrected chi connectivity index (χ3v) is 3.58. The Morgan fingerprint density at radius 2 is 2.00 bits per heavy atom. The van der Waals surface area contributed by atoms with Crippen LogP contribution in [0.5, 0.6) is 0 Å². The minimum atomic E-state index is -0.482. The molecule has 0 fully saturated rings. The van der Waals surface area contributed by atoms with Crippen molar-refractivity contribution in [3.05, 3.63) is 67.6 Å². The smallest absolute Gasteiger partial charge is 0.288 e. The molecule has 0 aliphatic heterocycles. The van der Waals surface area contributed by atoms with Crippen molar-refractivity contribution in [3.8, 4) is 0 Å². The Hall–Kier alpha value is -1.59. The lowest BCUT2D eigenvalue weighted by Gasteiger charge is -2.08. The van der Waals surface area contributed by atoms with E-state index >= 15 is 0 Å². The number of para-hydroxylation sites is 1. The summed E-state index contributed by atoms with van der Waals surface area (Å²) in [6, 6.07) is 12.5. The fourth-order valence-corrected chi connectivity index (χ4v) is 2.22. The van der Waals surface area contributed by atoms with Crippen LogP contribution in [0.2, 0.25) is 5.02 Å². The third kappa shape index (κ3) is 3.45. The molecule has 0 saturated heterocycles. The van der Waals surface area contributed by atoms with Gasteiger partial charge < -0.3 is 5.32 Å². The molecule has 2 aromatic rings. The van der Waals surface area contributed by atoms with Gasteiger partial charge in [-0.2, -0.15) is 0 Å². The number of nitrogens with one attached hydrogen (secondary N) is 1. The lowest BCUT2D eigenvalue weighted by molar-refractivity contribution is -0.384. The Balaban J connectivity index is 2.14. The Kier molecular flexibility index (Phi) is 4.39. The van der Waals surface area contributed by atoms with Crippen molar-refractivity contribution in [2.45, 2.75) is 6.54 Å². The Morgan fingerprint density at radius 3 is 2.68 bits per heavy atom. The monoisotopic (exact) mass is 340 g/mol. The summed E-state index contributed by atoms with van der Waals surface area (Å²) in [5.74, 6) is 0. The van der Waals surface area contributed by atoms with Gasteiger partial charge >= 0.3 is 0 Å². The van der Waals surface area contributed by atoms with E-state index in [0.717, 1.165) is 15.7 Å². The van der Waals surface area contributed by atoms with Crippen LogP contribution in [0.25, 0.3) is 0 Å². The van der Waals surface area contributed by atoms with Crippen LogP contribution in [0.15, 0.2) is 46.9 Å². The average molecular weight is 342 g/mol. The molecule has 0 atom stereocenters. The fraction of sp³-hybridized carbons (Fsp3) is 0.0769. The van der Waals surface area contributed by atoms with Crippen LogP contribution in [0.3, 0.4) is 0 Å². The molecule has 0 aromatic heterocycles. The van der Waals surface area contributed by atoms with Crippen LogP contribution in [0, 0.1) is 10.1 Å². The van der Waals surface area contributed by atoms with Crippen LogP contribution >= 0.6 is 27.5 Å². The molecule has 0 saturated carbocycles. The molecule has 0 radical (unpaired) electrons. The first-order valence-corrected chi connectivity index (χ1v) is 6.66. The van der Waals surface area contributed by atoms with Gasteiger partial charge in [0.1, 0.15) is 5.02 Å². The molecule has 2 aromatic carbocycles. The zero-order valence-corrected chi connectivity index (χ0v) is 12.1. The highest BCUT2D eigenvalue weighted by atomic mass is 79.9. The fourth-order valence-electron chi connectivity index (χ4n) is 1.61. The van der Waals surface area contributed by atoms with Gasteiger partial charge in [0.05, 0.1) is 4.92 Å². The second kappa shape index (κ2) is 6.04. The summed E-state index contributed by atoms with van der Waals surface area (Å²) >= 11 is 9.19. The number of nitro groups is 1. The minimum absolute atomic E-state index is 0.0758. The van der Waals surface area contributed by atoms with E-state index in [1.807, 2.05) is 24.3 Å². The predicted molar refractivity (Wildman–Crippen MR) is 79.6 cm³/mol. The van der Waals surface area contributed by atoms with Crippen molar-refractivity contribution >= 4 is 38.9 Å². The van der Waals surface area contributed by atoms with Gasteiger partial charge in [0.15, 0.2) is 0 Å². The van der Waals surface area contributed by atoms with Gasteiger partial charge in [0, 0.05) is 22.8 Å². The molecule has 0 aliphatic rings. The predicted octanol–water partition coefficient (Wildman–Crippen LogP) is 4.62. The van der Waals surface area contributed by atoms with Crippen LogP contribution < -0.4 is 5.32 Å². The first-order valence-electron chi connectivity index (χ1n) is 5.49. The topological polar surface area (TPSA) is 55.2 Å². The van der Waals surface area contributed by atoms with Crippen LogP contribution in [-0.2, 0) is 6.54 Å². The van der Waals surface area contributed by atoms with Gasteiger partial charge in [-0.1, -0.05) is 29.8 Å². The third-order valence-electron chi connectivity index (χ3n) is 2.56. The molecule has 98 valence electrons. The average Bonchev–Trinajstić information content (AvgIpc) is 2.39. The van der Waals surface area contributed by atoms with E-state index < -0.39 is 4.92 Å². The van der Waals surface area contributed by atoms with Gasteiger partial charge in [-0.05, 0) is 39.7 Å². The van der Waals surface area contributed by atoms with Gasteiger partial charge in [-0.15, -0.1) is 0 Å². The number of hydrogen-bond donors (Lipinski definition) is 1. The molecular formula is C13H10BrClN2O2. The number of anilines is 1. The lowest BCUT2D eigenvalue weighted by atomic mass is 10.2. The second-order valence-corrected chi connectivity index (χ2v) is 5.14. The summed E-state index contributed by atoms with van der Waals surface area (Å²) < 4.78 is 0.943. The molecule has 0 unspecified atom stereocenters. The first kappa shape index (κ1) is 13.8. The standard InChI is InChI=1S/C13H10BrClN2O2/c14-10-3-1-2-4-12(10)16-8-9-5-6-11(15)13(7-9)17(18)19/h1-7,16H,8H2. The van der Waals surface area contributed by atoms with E-state index in [0.29, 0.717) is 6.54 Å². The minimum Gasteiger partial charge on any atom is -0.380 e. The van der Waals surface area contributed by atoms with E-state index in [9.17, 15) is 10.1 Å². The molecule has 2 rings (SSSR count). The summed E-state index contributed by atoms with van der Waals surface area (Å²) in [7, 11) is 0. The number of hydrogen-bond acceptors (Lipinski definition) is 3. The van der Waals surface area contributed by atoms with Crippen LogP contribution in [0.1, 0.15) is 5.56 Å². The van der Waals surface area contributed by atoms with Crippen LogP contribution in [0.4, 0.5) is 11.4 Å². The van der Waals surface area contributed by atoms with E-state index in [-0.39, 0.29) is 10.7 Å². The molecule has 6 heteroatoms. The quantitative estimate of drug-likeness (QED) is 0.652. The van der Waals surface area contributed by atoms with Crippen molar-refractivity contribution in [2.75, 3.05) is 5.32 Å². The van der Waals surface area contributed by atoms with Gasteiger partial charge in [0.25, 0.3) is 5.69 Å². The molecule has 1 N–H and O–H groups in total. The molecule has 19 heavy (non-hydrogen) atoms. The van der Waals surface area contributed by atoms with Gasteiger partial charge in [-0.25, -0.2) is 0 Å². The zero-order chi connectivity index (χ0) is 13.8. The van der Waals surface area contributed by atoms with E-state index in [2.05, 4.69) is 21.2 Å². The molecule has 0 bridgehead atoms. The number of benzene rings is 2. The Morgan fingerprint density at radius 1 is 1.26 bits per heavy atom. The molecule has 0 aliphatic carbocycles. The van der Waals surface area contributed by atoms with E-state index in [1.54, 1.807) is 6.07 Å². The van der Waals surface area contributed by atoms with E-state index in [1.165, 1.54) is 12.1 Å². The number of nitrogens with zero attached hydrogens (tertiary/aromatic N) is 1. The maximum Gasteiger partial charge on any atom is 0.288 e. The van der Waals surface area contributed by atoms with Crippen molar-refractivity contribution in [3.63, 3.8) is 0 Å². The molecule has 0 amide bonds. The highest BCUT2D eigenvalue weighted by Crippen LogP contribution is 2.26. The summed E-state index contributed by atoms with van der Waals surface area (Å²) in [6.45, 7) is 0.487. The molecular weight excluding hydrogens is 332 g/mol. The van der Waals surface area contributed by atoms with Crippen molar-refractivity contribution in [2.24, 2.45) is 0 Å². The molecule has 0 spiro atoms. The zero-order valence-electron chi connectivity index (χ0n) is 9.77. The van der Waals surface area contributed by atoms with Crippen LogP contribution in [-0.4, -0.2) is 4.92 Å². The SMILES string of the molecule is O=[N+]([O-])c1cc(CNc2ccccc2Br)ccc1Cl. The summed E-state index contributed by atoms with van der Waals surface area (Å²) in [6.07, 6.45) is 0. The normalized spacial score (nSPS) is 10.2. The Bertz CT molecular complexity index is 619. The summed E-state index contributed by atoms with van der Waals surface area (Å²) in [5, 5.41) is 14.1. The maximum atomic E-state index is 10.8. The first-order chi connectivity index (χ1) is 9.08. The largest absolute Gasteiger partial charge is 0.380 e. The molecule has 0 heterocycles. The number of nitro benzene ring substituents is 1. The summed E-state index contributed by atoms with van der Waals surface area (Å²) in [5.41, 5.74) is 1.65. The maximum absolute atomic E-state index is 10.8. The van der Waals surface area contributed by atoms with E-state index in [4.69, 9.17) is 11.6 Å².